The highest BCUT2D eigenvalue weighted by atomic mass is 79.9. The second kappa shape index (κ2) is 6.89. The lowest BCUT2D eigenvalue weighted by Gasteiger charge is -2.04. The first kappa shape index (κ1) is 12.7. The molecule has 1 aromatic carbocycles. The molecule has 0 aliphatic heterocycles. The Bertz CT molecular complexity index is 444. The lowest BCUT2D eigenvalue weighted by Crippen LogP contribution is -2.15. The Balaban J connectivity index is 1.65. The zero-order valence-electron chi connectivity index (χ0n) is 9.36. The highest BCUT2D eigenvalue weighted by Gasteiger charge is 1.99. The van der Waals surface area contributed by atoms with Gasteiger partial charge in [0.2, 0.25) is 0 Å². The molecule has 0 saturated heterocycles. The van der Waals surface area contributed by atoms with E-state index in [4.69, 9.17) is 4.42 Å². The molecule has 2 rings (SSSR count). The van der Waals surface area contributed by atoms with Crippen molar-refractivity contribution < 1.29 is 4.42 Å². The van der Waals surface area contributed by atoms with E-state index < -0.39 is 0 Å². The van der Waals surface area contributed by atoms with Crippen LogP contribution in [0.15, 0.2) is 56.4 Å². The molecule has 0 fully saturated rings. The van der Waals surface area contributed by atoms with Crippen molar-refractivity contribution in [3.05, 3.63) is 52.9 Å². The maximum absolute atomic E-state index is 5.24. The molecule has 1 heterocycles. The fraction of sp³-hybridized carbons (Fsp3) is 0.231. The smallest absolute Gasteiger partial charge is 0.117 e. The van der Waals surface area contributed by atoms with Crippen molar-refractivity contribution in [1.29, 1.82) is 0 Å². The molecule has 0 bridgehead atoms. The molecular weight excluding hydrogens is 298 g/mol. The summed E-state index contributed by atoms with van der Waals surface area (Å²) < 4.78 is 6.40. The van der Waals surface area contributed by atoms with E-state index >= 15 is 0 Å². The molecule has 2 aromatic rings. The molecule has 0 aliphatic rings. The van der Waals surface area contributed by atoms with Gasteiger partial charge in [-0.2, -0.15) is 0 Å². The van der Waals surface area contributed by atoms with Gasteiger partial charge >= 0.3 is 0 Å². The molecule has 0 amide bonds. The Morgan fingerprint density at radius 3 is 2.82 bits per heavy atom. The molecule has 2 nitrogen and oxygen atoms in total. The molecular formula is C13H14BrNOS. The Hall–Kier alpha value is -0.710. The maximum Gasteiger partial charge on any atom is 0.117 e. The molecule has 0 atom stereocenters. The standard InChI is InChI=1S/C13H14BrNOS/c14-12-5-1-2-6-13(12)17-9-7-15-10-11-4-3-8-16-11/h1-6,8,15H,7,9-10H2. The Labute approximate surface area is 114 Å². The third-order valence-electron chi connectivity index (χ3n) is 2.25. The van der Waals surface area contributed by atoms with Gasteiger partial charge in [-0.15, -0.1) is 11.8 Å². The van der Waals surface area contributed by atoms with E-state index in [1.54, 1.807) is 6.26 Å². The predicted molar refractivity (Wildman–Crippen MR) is 75.3 cm³/mol. The number of hydrogen-bond donors (Lipinski definition) is 1. The molecule has 0 saturated carbocycles. The van der Waals surface area contributed by atoms with Crippen LogP contribution in [0.3, 0.4) is 0 Å². The first-order valence-electron chi connectivity index (χ1n) is 5.46. The van der Waals surface area contributed by atoms with Crippen molar-refractivity contribution in [2.45, 2.75) is 11.4 Å². The minimum absolute atomic E-state index is 0.795. The molecule has 0 radical (unpaired) electrons. The average Bonchev–Trinajstić information content (AvgIpc) is 2.84. The monoisotopic (exact) mass is 311 g/mol. The van der Waals surface area contributed by atoms with Crippen LogP contribution in [0.1, 0.15) is 5.76 Å². The van der Waals surface area contributed by atoms with Gasteiger partial charge in [0.15, 0.2) is 0 Å². The normalized spacial score (nSPS) is 10.6. The third kappa shape index (κ3) is 4.22. The molecule has 0 aliphatic carbocycles. The molecule has 0 unspecified atom stereocenters. The van der Waals surface area contributed by atoms with E-state index in [1.165, 1.54) is 4.90 Å². The van der Waals surface area contributed by atoms with E-state index in [1.807, 2.05) is 30.0 Å². The van der Waals surface area contributed by atoms with Gasteiger partial charge in [-0.1, -0.05) is 12.1 Å². The number of furan rings is 1. The van der Waals surface area contributed by atoms with Gasteiger partial charge in [-0.05, 0) is 40.2 Å². The van der Waals surface area contributed by atoms with Crippen molar-refractivity contribution in [3.8, 4) is 0 Å². The Morgan fingerprint density at radius 2 is 2.06 bits per heavy atom. The fourth-order valence-corrected chi connectivity index (χ4v) is 2.89. The van der Waals surface area contributed by atoms with E-state index in [2.05, 4.69) is 39.4 Å². The summed E-state index contributed by atoms with van der Waals surface area (Å²) in [6, 6.07) is 12.2. The zero-order chi connectivity index (χ0) is 11.9. The first-order valence-corrected chi connectivity index (χ1v) is 7.24. The van der Waals surface area contributed by atoms with Crippen molar-refractivity contribution >= 4 is 27.7 Å². The Kier molecular flexibility index (Phi) is 5.16. The molecule has 1 N–H and O–H groups in total. The van der Waals surface area contributed by atoms with Gasteiger partial charge in [-0.3, -0.25) is 0 Å². The van der Waals surface area contributed by atoms with Crippen LogP contribution in [-0.2, 0) is 6.54 Å². The summed E-state index contributed by atoms with van der Waals surface area (Å²) in [6.45, 7) is 1.76. The molecule has 90 valence electrons. The topological polar surface area (TPSA) is 25.2 Å². The number of benzene rings is 1. The van der Waals surface area contributed by atoms with E-state index in [0.717, 1.165) is 29.1 Å². The summed E-state index contributed by atoms with van der Waals surface area (Å²) in [5.74, 6) is 2.03. The van der Waals surface area contributed by atoms with Crippen LogP contribution >= 0.6 is 27.7 Å². The van der Waals surface area contributed by atoms with E-state index in [9.17, 15) is 0 Å². The van der Waals surface area contributed by atoms with Gasteiger partial charge in [0, 0.05) is 21.7 Å². The van der Waals surface area contributed by atoms with Crippen LogP contribution in [0.2, 0.25) is 0 Å². The second-order valence-corrected chi connectivity index (χ2v) is 5.53. The number of thioether (sulfide) groups is 1. The Morgan fingerprint density at radius 1 is 1.18 bits per heavy atom. The summed E-state index contributed by atoms with van der Waals surface area (Å²) in [5, 5.41) is 3.35. The highest BCUT2D eigenvalue weighted by Crippen LogP contribution is 2.26. The van der Waals surface area contributed by atoms with Gasteiger partial charge in [0.05, 0.1) is 12.8 Å². The summed E-state index contributed by atoms with van der Waals surface area (Å²) in [4.78, 5) is 1.28. The summed E-state index contributed by atoms with van der Waals surface area (Å²) in [7, 11) is 0. The lowest BCUT2D eigenvalue weighted by molar-refractivity contribution is 0.488. The first-order chi connectivity index (χ1) is 8.36. The van der Waals surface area contributed by atoms with Gasteiger partial charge in [-0.25, -0.2) is 0 Å². The molecule has 1 aromatic heterocycles. The summed E-state index contributed by atoms with van der Waals surface area (Å²) >= 11 is 5.38. The van der Waals surface area contributed by atoms with Crippen LogP contribution in [-0.4, -0.2) is 12.3 Å². The van der Waals surface area contributed by atoms with Crippen LogP contribution in [0.4, 0.5) is 0 Å². The van der Waals surface area contributed by atoms with Gasteiger partial charge < -0.3 is 9.73 Å². The van der Waals surface area contributed by atoms with Crippen molar-refractivity contribution in [3.63, 3.8) is 0 Å². The van der Waals surface area contributed by atoms with Crippen LogP contribution in [0.5, 0.6) is 0 Å². The highest BCUT2D eigenvalue weighted by molar-refractivity contribution is 9.10. The quantitative estimate of drug-likeness (QED) is 0.646. The van der Waals surface area contributed by atoms with Crippen molar-refractivity contribution in [1.82, 2.24) is 5.32 Å². The van der Waals surface area contributed by atoms with Crippen molar-refractivity contribution in [2.75, 3.05) is 12.3 Å². The molecule has 4 heteroatoms. The van der Waals surface area contributed by atoms with Gasteiger partial charge in [0.1, 0.15) is 5.76 Å². The van der Waals surface area contributed by atoms with Crippen LogP contribution in [0, 0.1) is 0 Å². The second-order valence-electron chi connectivity index (χ2n) is 3.54. The van der Waals surface area contributed by atoms with Crippen molar-refractivity contribution in [2.24, 2.45) is 0 Å². The third-order valence-corrected chi connectivity index (χ3v) is 4.28. The predicted octanol–water partition coefficient (Wildman–Crippen LogP) is 3.92. The van der Waals surface area contributed by atoms with Gasteiger partial charge in [0.25, 0.3) is 0 Å². The number of rotatable bonds is 6. The lowest BCUT2D eigenvalue weighted by atomic mass is 10.4. The minimum Gasteiger partial charge on any atom is -0.468 e. The number of nitrogens with one attached hydrogen (secondary N) is 1. The maximum atomic E-state index is 5.24. The van der Waals surface area contributed by atoms with Crippen LogP contribution in [0.25, 0.3) is 0 Å². The minimum atomic E-state index is 0.795. The van der Waals surface area contributed by atoms with E-state index in [-0.39, 0.29) is 0 Å². The largest absolute Gasteiger partial charge is 0.468 e. The fourth-order valence-electron chi connectivity index (χ4n) is 1.42. The number of hydrogen-bond acceptors (Lipinski definition) is 3. The summed E-state index contributed by atoms with van der Waals surface area (Å²) in [6.07, 6.45) is 1.70. The zero-order valence-corrected chi connectivity index (χ0v) is 11.8. The molecule has 17 heavy (non-hydrogen) atoms. The average molecular weight is 312 g/mol. The van der Waals surface area contributed by atoms with E-state index in [0.29, 0.717) is 0 Å². The van der Waals surface area contributed by atoms with Crippen LogP contribution < -0.4 is 5.32 Å². The molecule has 0 spiro atoms. The SMILES string of the molecule is Brc1ccccc1SCCNCc1ccco1. The number of halogens is 1. The summed E-state index contributed by atoms with van der Waals surface area (Å²) in [5.41, 5.74) is 0.